The Morgan fingerprint density at radius 3 is 3.05 bits per heavy atom. The van der Waals surface area contributed by atoms with Gasteiger partial charge in [0.05, 0.1) is 6.54 Å². The molecule has 3 rings (SSSR count). The van der Waals surface area contributed by atoms with Gasteiger partial charge in [0.25, 0.3) is 0 Å². The first kappa shape index (κ1) is 11.2. The number of pyridine rings is 1. The van der Waals surface area contributed by atoms with Crippen LogP contribution in [0.25, 0.3) is 11.2 Å². The summed E-state index contributed by atoms with van der Waals surface area (Å²) in [5, 5.41) is 12.1. The van der Waals surface area contributed by atoms with Crippen molar-refractivity contribution < 1.29 is 18.8 Å². The molecule has 0 bridgehead atoms. The molecule has 0 spiro atoms. The summed E-state index contributed by atoms with van der Waals surface area (Å²) in [5.74, 6) is -1.56. The first-order valence-corrected chi connectivity index (χ1v) is 5.28. The quantitative estimate of drug-likeness (QED) is 0.739. The Kier molecular flexibility index (Phi) is 2.41. The summed E-state index contributed by atoms with van der Waals surface area (Å²) in [4.78, 5) is 26.4. The third-order valence-corrected chi connectivity index (χ3v) is 2.52. The number of fused-ring (bicyclic) bond motifs is 1. The topological polar surface area (TPSA) is 111 Å². The molecule has 0 atom stereocenters. The lowest BCUT2D eigenvalue weighted by molar-refractivity contribution is 0.0685. The standard InChI is InChI=1S/C11H7N3O5/c15-10(16)7-4-6(19-13-7)5-14-9-8(18-11(14)17)2-1-3-12-9/h1-4H,5H2,(H,15,16). The molecule has 0 saturated carbocycles. The highest BCUT2D eigenvalue weighted by Gasteiger charge is 2.15. The van der Waals surface area contributed by atoms with Gasteiger partial charge in [-0.3, -0.25) is 4.57 Å². The van der Waals surface area contributed by atoms with Crippen LogP contribution in [-0.4, -0.2) is 25.8 Å². The Morgan fingerprint density at radius 2 is 2.32 bits per heavy atom. The van der Waals surface area contributed by atoms with Crippen LogP contribution in [0.2, 0.25) is 0 Å². The maximum Gasteiger partial charge on any atom is 0.421 e. The number of rotatable bonds is 3. The predicted octanol–water partition coefficient (Wildman–Crippen LogP) is 0.724. The van der Waals surface area contributed by atoms with Crippen molar-refractivity contribution in [2.24, 2.45) is 0 Å². The maximum absolute atomic E-state index is 11.7. The average Bonchev–Trinajstić information content (AvgIpc) is 2.96. The lowest BCUT2D eigenvalue weighted by Crippen LogP contribution is -2.15. The third-order valence-electron chi connectivity index (χ3n) is 2.52. The Labute approximate surface area is 104 Å². The van der Waals surface area contributed by atoms with Gasteiger partial charge in [0.1, 0.15) is 0 Å². The van der Waals surface area contributed by atoms with Gasteiger partial charge in [-0.05, 0) is 12.1 Å². The van der Waals surface area contributed by atoms with Crippen molar-refractivity contribution >= 4 is 17.2 Å². The van der Waals surface area contributed by atoms with Crippen LogP contribution >= 0.6 is 0 Å². The number of carboxylic acid groups (broad SMARTS) is 1. The fraction of sp³-hybridized carbons (Fsp3) is 0.0909. The summed E-state index contributed by atoms with van der Waals surface area (Å²) in [6.07, 6.45) is 1.52. The van der Waals surface area contributed by atoms with E-state index in [0.717, 1.165) is 0 Å². The van der Waals surface area contributed by atoms with Crippen molar-refractivity contribution in [2.75, 3.05) is 0 Å². The van der Waals surface area contributed by atoms with Gasteiger partial charge in [-0.1, -0.05) is 5.16 Å². The minimum Gasteiger partial charge on any atom is -0.476 e. The number of carboxylic acids is 1. The second-order valence-corrected chi connectivity index (χ2v) is 3.76. The molecule has 0 amide bonds. The highest BCUT2D eigenvalue weighted by molar-refractivity contribution is 5.85. The van der Waals surface area contributed by atoms with Crippen molar-refractivity contribution in [1.82, 2.24) is 14.7 Å². The number of aromatic nitrogens is 3. The molecular formula is C11H7N3O5. The summed E-state index contributed by atoms with van der Waals surface area (Å²) in [6.45, 7) is 0.00310. The van der Waals surface area contributed by atoms with E-state index in [1.165, 1.54) is 16.8 Å². The Hall–Kier alpha value is -2.90. The van der Waals surface area contributed by atoms with Crippen LogP contribution in [0.3, 0.4) is 0 Å². The fourth-order valence-electron chi connectivity index (χ4n) is 1.68. The number of nitrogens with zero attached hydrogens (tertiary/aromatic N) is 3. The Balaban J connectivity index is 2.03. The average molecular weight is 261 g/mol. The van der Waals surface area contributed by atoms with Gasteiger partial charge in [-0.25, -0.2) is 14.6 Å². The van der Waals surface area contributed by atoms with Gasteiger partial charge in [0, 0.05) is 12.3 Å². The van der Waals surface area contributed by atoms with Crippen molar-refractivity contribution in [1.29, 1.82) is 0 Å². The number of oxazole rings is 1. The first-order valence-electron chi connectivity index (χ1n) is 5.28. The number of carbonyl (C=O) groups is 1. The molecule has 0 aromatic carbocycles. The van der Waals surface area contributed by atoms with Crippen LogP contribution in [0, 0.1) is 0 Å². The molecule has 0 saturated heterocycles. The Morgan fingerprint density at radius 1 is 1.47 bits per heavy atom. The second kappa shape index (κ2) is 4.09. The summed E-state index contributed by atoms with van der Waals surface area (Å²) in [7, 11) is 0. The number of hydrogen-bond donors (Lipinski definition) is 1. The first-order chi connectivity index (χ1) is 9.15. The lowest BCUT2D eigenvalue weighted by atomic mass is 10.3. The van der Waals surface area contributed by atoms with E-state index in [-0.39, 0.29) is 18.0 Å². The zero-order valence-corrected chi connectivity index (χ0v) is 9.44. The van der Waals surface area contributed by atoms with Gasteiger partial charge in [0.15, 0.2) is 22.7 Å². The largest absolute Gasteiger partial charge is 0.476 e. The van der Waals surface area contributed by atoms with E-state index >= 15 is 0 Å². The lowest BCUT2D eigenvalue weighted by Gasteiger charge is -1.95. The van der Waals surface area contributed by atoms with E-state index < -0.39 is 11.7 Å². The third kappa shape index (κ3) is 1.88. The molecule has 0 radical (unpaired) electrons. The van der Waals surface area contributed by atoms with E-state index in [9.17, 15) is 9.59 Å². The molecule has 3 aromatic heterocycles. The molecule has 19 heavy (non-hydrogen) atoms. The van der Waals surface area contributed by atoms with Gasteiger partial charge in [0.2, 0.25) is 0 Å². The molecule has 8 heteroatoms. The van der Waals surface area contributed by atoms with E-state index in [4.69, 9.17) is 14.0 Å². The van der Waals surface area contributed by atoms with E-state index in [0.29, 0.717) is 11.2 Å². The van der Waals surface area contributed by atoms with Crippen LogP contribution in [-0.2, 0) is 6.54 Å². The smallest absolute Gasteiger partial charge is 0.421 e. The number of hydrogen-bond acceptors (Lipinski definition) is 6. The van der Waals surface area contributed by atoms with E-state index in [1.54, 1.807) is 12.1 Å². The summed E-state index contributed by atoms with van der Waals surface area (Å²) in [6, 6.07) is 4.51. The summed E-state index contributed by atoms with van der Waals surface area (Å²) < 4.78 is 11.1. The van der Waals surface area contributed by atoms with Gasteiger partial charge >= 0.3 is 11.7 Å². The van der Waals surface area contributed by atoms with Crippen molar-refractivity contribution in [3.63, 3.8) is 0 Å². The van der Waals surface area contributed by atoms with Crippen LogP contribution < -0.4 is 5.76 Å². The Bertz CT molecular complexity index is 813. The van der Waals surface area contributed by atoms with Crippen LogP contribution in [0.4, 0.5) is 0 Å². The monoisotopic (exact) mass is 261 g/mol. The number of aromatic carboxylic acids is 1. The molecule has 3 heterocycles. The second-order valence-electron chi connectivity index (χ2n) is 3.76. The van der Waals surface area contributed by atoms with Gasteiger partial charge < -0.3 is 14.0 Å². The van der Waals surface area contributed by atoms with Gasteiger partial charge in [-0.2, -0.15) is 0 Å². The highest BCUT2D eigenvalue weighted by Crippen LogP contribution is 2.11. The molecule has 8 nitrogen and oxygen atoms in total. The zero-order chi connectivity index (χ0) is 13.4. The van der Waals surface area contributed by atoms with Crippen molar-refractivity contribution in [2.45, 2.75) is 6.54 Å². The molecule has 1 N–H and O–H groups in total. The van der Waals surface area contributed by atoms with Crippen LogP contribution in [0.15, 0.2) is 38.1 Å². The predicted molar refractivity (Wildman–Crippen MR) is 60.8 cm³/mol. The molecule has 0 aliphatic carbocycles. The summed E-state index contributed by atoms with van der Waals surface area (Å²) in [5.41, 5.74) is 0.495. The minimum atomic E-state index is -1.20. The van der Waals surface area contributed by atoms with Crippen molar-refractivity contribution in [3.05, 3.63) is 46.4 Å². The SMILES string of the molecule is O=C(O)c1cc(Cn2c(=O)oc3cccnc32)on1. The normalized spacial score (nSPS) is 10.9. The minimum absolute atomic E-state index is 0.00310. The molecule has 0 aliphatic heterocycles. The highest BCUT2D eigenvalue weighted by atomic mass is 16.5. The molecule has 3 aromatic rings. The van der Waals surface area contributed by atoms with Crippen LogP contribution in [0.1, 0.15) is 16.2 Å². The van der Waals surface area contributed by atoms with Gasteiger partial charge in [-0.15, -0.1) is 0 Å². The molecule has 0 fully saturated rings. The molecule has 0 aliphatic rings. The van der Waals surface area contributed by atoms with E-state index in [1.807, 2.05) is 0 Å². The zero-order valence-electron chi connectivity index (χ0n) is 9.44. The maximum atomic E-state index is 11.7. The fourth-order valence-corrected chi connectivity index (χ4v) is 1.68. The summed E-state index contributed by atoms with van der Waals surface area (Å²) >= 11 is 0. The molecule has 0 unspecified atom stereocenters. The van der Waals surface area contributed by atoms with Crippen LogP contribution in [0.5, 0.6) is 0 Å². The molecular weight excluding hydrogens is 254 g/mol. The van der Waals surface area contributed by atoms with E-state index in [2.05, 4.69) is 10.1 Å². The molecule has 96 valence electrons. The van der Waals surface area contributed by atoms with Crippen molar-refractivity contribution in [3.8, 4) is 0 Å².